The number of aromatic nitrogens is 1. The predicted octanol–water partition coefficient (Wildman–Crippen LogP) is 3.23. The first-order valence-electron chi connectivity index (χ1n) is 5.51. The second-order valence-electron chi connectivity index (χ2n) is 3.68. The highest BCUT2D eigenvalue weighted by Crippen LogP contribution is 2.37. The van der Waals surface area contributed by atoms with Crippen LogP contribution in [0, 0.1) is 0 Å². The Morgan fingerprint density at radius 1 is 1.40 bits per heavy atom. The molecule has 0 saturated carbocycles. The molecule has 2 rings (SSSR count). The van der Waals surface area contributed by atoms with Crippen LogP contribution in [0.15, 0.2) is 23.7 Å². The number of thiazole rings is 1. The normalized spacial score (nSPS) is 9.95. The number of halogens is 3. The first-order chi connectivity index (χ1) is 9.15. The van der Waals surface area contributed by atoms with Crippen LogP contribution < -0.4 is 11.1 Å². The summed E-state index contributed by atoms with van der Waals surface area (Å²) in [5, 5.41) is 3.55. The fourth-order valence-electron chi connectivity index (χ4n) is 1.55. The Hall–Kier alpha value is -0.850. The van der Waals surface area contributed by atoms with E-state index in [1.54, 1.807) is 23.7 Å². The van der Waals surface area contributed by atoms with Crippen LogP contribution in [0.5, 0.6) is 0 Å². The van der Waals surface area contributed by atoms with Crippen molar-refractivity contribution < 1.29 is 4.79 Å². The third-order valence-electron chi connectivity index (χ3n) is 2.41. The second-order valence-corrected chi connectivity index (χ2v) is 5.32. The van der Waals surface area contributed by atoms with Gasteiger partial charge in [-0.1, -0.05) is 35.3 Å². The van der Waals surface area contributed by atoms with Gasteiger partial charge in [-0.15, -0.1) is 23.7 Å². The number of carbonyl (C=O) groups is 1. The van der Waals surface area contributed by atoms with Crippen molar-refractivity contribution >= 4 is 52.9 Å². The van der Waals surface area contributed by atoms with E-state index in [0.717, 1.165) is 0 Å². The third-order valence-corrected chi connectivity index (χ3v) is 4.09. The number of nitrogens with two attached hydrogens (primary N) is 1. The topological polar surface area (TPSA) is 68.0 Å². The molecule has 0 unspecified atom stereocenters. The van der Waals surface area contributed by atoms with Gasteiger partial charge in [0.15, 0.2) is 0 Å². The summed E-state index contributed by atoms with van der Waals surface area (Å²) < 4.78 is 0. The number of hydrogen-bond acceptors (Lipinski definition) is 4. The minimum absolute atomic E-state index is 0. The standard InChI is InChI=1S/C12H11Cl2N3OS.ClH/c13-8-3-1-2-7(9(8)14)11-10(17-6-19-11)12(18)16-5-4-15;/h1-3,6H,4-5,15H2,(H,16,18);1H. The molecular weight excluding hydrogens is 341 g/mol. The summed E-state index contributed by atoms with van der Waals surface area (Å²) in [7, 11) is 0. The van der Waals surface area contributed by atoms with Crippen molar-refractivity contribution in [3.8, 4) is 10.4 Å². The number of nitrogens with zero attached hydrogens (tertiary/aromatic N) is 1. The molecule has 0 atom stereocenters. The Labute approximate surface area is 136 Å². The van der Waals surface area contributed by atoms with Crippen LogP contribution in [0.2, 0.25) is 10.0 Å². The second kappa shape index (κ2) is 7.81. The number of rotatable bonds is 4. The van der Waals surface area contributed by atoms with Crippen LogP contribution in [-0.4, -0.2) is 24.0 Å². The van der Waals surface area contributed by atoms with E-state index in [-0.39, 0.29) is 18.3 Å². The molecule has 20 heavy (non-hydrogen) atoms. The highest BCUT2D eigenvalue weighted by atomic mass is 35.5. The molecule has 1 aromatic heterocycles. The van der Waals surface area contributed by atoms with Crippen LogP contribution in [0.1, 0.15) is 10.5 Å². The van der Waals surface area contributed by atoms with Gasteiger partial charge >= 0.3 is 0 Å². The number of carbonyl (C=O) groups excluding carboxylic acids is 1. The molecule has 4 nitrogen and oxygen atoms in total. The Kier molecular flexibility index (Phi) is 6.71. The van der Waals surface area contributed by atoms with E-state index >= 15 is 0 Å². The summed E-state index contributed by atoms with van der Waals surface area (Å²) in [6, 6.07) is 5.29. The Morgan fingerprint density at radius 3 is 2.85 bits per heavy atom. The van der Waals surface area contributed by atoms with Gasteiger partial charge in [0, 0.05) is 18.7 Å². The zero-order chi connectivity index (χ0) is 13.8. The lowest BCUT2D eigenvalue weighted by atomic mass is 10.1. The van der Waals surface area contributed by atoms with Crippen LogP contribution in [0.3, 0.4) is 0 Å². The van der Waals surface area contributed by atoms with E-state index in [0.29, 0.717) is 39.3 Å². The summed E-state index contributed by atoms with van der Waals surface area (Å²) in [6.45, 7) is 0.780. The maximum absolute atomic E-state index is 12.0. The van der Waals surface area contributed by atoms with Crippen LogP contribution in [0.25, 0.3) is 10.4 Å². The molecule has 3 N–H and O–H groups in total. The van der Waals surface area contributed by atoms with E-state index in [1.807, 2.05) is 0 Å². The molecule has 0 spiro atoms. The molecule has 8 heteroatoms. The maximum Gasteiger partial charge on any atom is 0.271 e. The lowest BCUT2D eigenvalue weighted by Crippen LogP contribution is -2.29. The number of nitrogens with one attached hydrogen (secondary N) is 1. The molecule has 1 amide bonds. The molecular formula is C12H12Cl3N3OS. The average Bonchev–Trinajstić information content (AvgIpc) is 2.88. The van der Waals surface area contributed by atoms with Crippen molar-refractivity contribution in [2.45, 2.75) is 0 Å². The van der Waals surface area contributed by atoms with Crippen molar-refractivity contribution in [2.24, 2.45) is 5.73 Å². The van der Waals surface area contributed by atoms with Gasteiger partial charge in [0.1, 0.15) is 5.69 Å². The van der Waals surface area contributed by atoms with Crippen molar-refractivity contribution in [3.05, 3.63) is 39.4 Å². The zero-order valence-electron chi connectivity index (χ0n) is 10.2. The van der Waals surface area contributed by atoms with Gasteiger partial charge < -0.3 is 11.1 Å². The van der Waals surface area contributed by atoms with E-state index in [1.165, 1.54) is 11.3 Å². The quantitative estimate of drug-likeness (QED) is 0.887. The van der Waals surface area contributed by atoms with Gasteiger partial charge in [-0.05, 0) is 6.07 Å². The minimum Gasteiger partial charge on any atom is -0.349 e. The Morgan fingerprint density at radius 2 is 2.15 bits per heavy atom. The smallest absolute Gasteiger partial charge is 0.271 e. The monoisotopic (exact) mass is 351 g/mol. The van der Waals surface area contributed by atoms with Gasteiger partial charge in [0.2, 0.25) is 0 Å². The van der Waals surface area contributed by atoms with Gasteiger partial charge in [-0.3, -0.25) is 4.79 Å². The van der Waals surface area contributed by atoms with Crippen molar-refractivity contribution in [1.29, 1.82) is 0 Å². The molecule has 1 aromatic carbocycles. The zero-order valence-corrected chi connectivity index (χ0v) is 13.4. The fraction of sp³-hybridized carbons (Fsp3) is 0.167. The minimum atomic E-state index is -0.266. The molecule has 0 aliphatic rings. The molecule has 0 saturated heterocycles. The molecule has 0 radical (unpaired) electrons. The van der Waals surface area contributed by atoms with Crippen molar-refractivity contribution in [3.63, 3.8) is 0 Å². The van der Waals surface area contributed by atoms with Gasteiger partial charge in [0.25, 0.3) is 5.91 Å². The molecule has 2 aromatic rings. The summed E-state index contributed by atoms with van der Waals surface area (Å²) in [4.78, 5) is 16.7. The average molecular weight is 353 g/mol. The summed E-state index contributed by atoms with van der Waals surface area (Å²) in [5.41, 5.74) is 7.99. The lowest BCUT2D eigenvalue weighted by molar-refractivity contribution is 0.0951. The first kappa shape index (κ1) is 17.2. The predicted molar refractivity (Wildman–Crippen MR) is 86.2 cm³/mol. The molecule has 0 fully saturated rings. The molecule has 0 bridgehead atoms. The highest BCUT2D eigenvalue weighted by molar-refractivity contribution is 7.13. The highest BCUT2D eigenvalue weighted by Gasteiger charge is 2.18. The molecule has 108 valence electrons. The Bertz CT molecular complexity index is 603. The summed E-state index contributed by atoms with van der Waals surface area (Å²) in [6.07, 6.45) is 0. The van der Waals surface area contributed by atoms with Gasteiger partial charge in [-0.2, -0.15) is 0 Å². The van der Waals surface area contributed by atoms with E-state index < -0.39 is 0 Å². The van der Waals surface area contributed by atoms with E-state index in [9.17, 15) is 4.79 Å². The van der Waals surface area contributed by atoms with Gasteiger partial charge in [0.05, 0.1) is 20.4 Å². The summed E-state index contributed by atoms with van der Waals surface area (Å²) in [5.74, 6) is -0.266. The Balaban J connectivity index is 0.00000200. The van der Waals surface area contributed by atoms with Crippen molar-refractivity contribution in [1.82, 2.24) is 10.3 Å². The fourth-order valence-corrected chi connectivity index (χ4v) is 2.82. The van der Waals surface area contributed by atoms with E-state index in [2.05, 4.69) is 10.3 Å². The number of amides is 1. The van der Waals surface area contributed by atoms with Crippen molar-refractivity contribution in [2.75, 3.05) is 13.1 Å². The van der Waals surface area contributed by atoms with Gasteiger partial charge in [-0.25, -0.2) is 4.98 Å². The van der Waals surface area contributed by atoms with Crippen LogP contribution in [-0.2, 0) is 0 Å². The van der Waals surface area contributed by atoms with E-state index in [4.69, 9.17) is 28.9 Å². The largest absolute Gasteiger partial charge is 0.349 e. The number of benzene rings is 1. The third kappa shape index (κ3) is 3.62. The molecule has 1 heterocycles. The SMILES string of the molecule is Cl.NCCNC(=O)c1ncsc1-c1cccc(Cl)c1Cl. The van der Waals surface area contributed by atoms with Crippen LogP contribution in [0.4, 0.5) is 0 Å². The lowest BCUT2D eigenvalue weighted by Gasteiger charge is -2.06. The number of hydrogen-bond donors (Lipinski definition) is 2. The summed E-state index contributed by atoms with van der Waals surface area (Å²) >= 11 is 13.5. The first-order valence-corrected chi connectivity index (χ1v) is 7.15. The molecule has 0 aliphatic heterocycles. The molecule has 0 aliphatic carbocycles. The maximum atomic E-state index is 12.0. The van der Waals surface area contributed by atoms with Crippen LogP contribution >= 0.6 is 46.9 Å².